The zero-order valence-electron chi connectivity index (χ0n) is 13.6. The number of carbonyl (C=O) groups is 1. The van der Waals surface area contributed by atoms with E-state index in [4.69, 9.17) is 9.47 Å². The Morgan fingerprint density at radius 2 is 2.12 bits per heavy atom. The van der Waals surface area contributed by atoms with Gasteiger partial charge in [0.1, 0.15) is 5.75 Å². The Balaban J connectivity index is 1.66. The lowest BCUT2D eigenvalue weighted by molar-refractivity contribution is -0.0165. The van der Waals surface area contributed by atoms with Crippen molar-refractivity contribution in [2.24, 2.45) is 4.99 Å². The van der Waals surface area contributed by atoms with Crippen molar-refractivity contribution in [1.82, 2.24) is 4.98 Å². The molecule has 1 N–H and O–H groups in total. The monoisotopic (exact) mass is 366 g/mol. The van der Waals surface area contributed by atoms with Crippen molar-refractivity contribution in [2.75, 3.05) is 6.79 Å². The summed E-state index contributed by atoms with van der Waals surface area (Å²) in [5.74, 6) is -0.404. The number of nitrogens with zero attached hydrogens (tertiary/aromatic N) is 2. The molecule has 4 rings (SSSR count). The summed E-state index contributed by atoms with van der Waals surface area (Å²) in [5, 5.41) is 11.8. The molecule has 0 fully saturated rings. The molecule has 26 heavy (non-hydrogen) atoms. The van der Waals surface area contributed by atoms with Crippen LogP contribution in [0.1, 0.15) is 21.5 Å². The summed E-state index contributed by atoms with van der Waals surface area (Å²) in [6.45, 7) is 0.447. The van der Waals surface area contributed by atoms with Crippen molar-refractivity contribution in [3.8, 4) is 17.0 Å². The van der Waals surface area contributed by atoms with Crippen molar-refractivity contribution >= 4 is 28.7 Å². The molecule has 2 heterocycles. The highest BCUT2D eigenvalue weighted by molar-refractivity contribution is 7.13. The van der Waals surface area contributed by atoms with Crippen LogP contribution in [0.5, 0.6) is 5.75 Å². The Kier molecular flexibility index (Phi) is 4.47. The van der Waals surface area contributed by atoms with Crippen molar-refractivity contribution < 1.29 is 19.4 Å². The van der Waals surface area contributed by atoms with E-state index in [0.717, 1.165) is 11.3 Å². The summed E-state index contributed by atoms with van der Waals surface area (Å²) in [4.78, 5) is 20.2. The fourth-order valence-corrected chi connectivity index (χ4v) is 3.33. The maximum Gasteiger partial charge on any atom is 0.335 e. The molecule has 3 aromatic rings. The maximum absolute atomic E-state index is 11.3. The third kappa shape index (κ3) is 3.35. The lowest BCUT2D eigenvalue weighted by atomic mass is 10.0. The minimum atomic E-state index is -1.01. The smallest absolute Gasteiger partial charge is 0.335 e. The molecular formula is C19H14N2O4S. The first-order valence-corrected chi connectivity index (χ1v) is 8.74. The molecule has 130 valence electrons. The van der Waals surface area contributed by atoms with E-state index in [1.54, 1.807) is 18.3 Å². The number of aromatic nitrogens is 1. The van der Waals surface area contributed by atoms with Crippen LogP contribution in [0.2, 0.25) is 0 Å². The fourth-order valence-electron chi connectivity index (χ4n) is 2.66. The van der Waals surface area contributed by atoms with Gasteiger partial charge in [0.05, 0.1) is 17.9 Å². The third-order valence-corrected chi connectivity index (χ3v) is 4.61. The Morgan fingerprint density at radius 3 is 2.92 bits per heavy atom. The van der Waals surface area contributed by atoms with Gasteiger partial charge in [-0.3, -0.25) is 0 Å². The van der Waals surface area contributed by atoms with Gasteiger partial charge in [0.2, 0.25) is 5.13 Å². The van der Waals surface area contributed by atoms with Gasteiger partial charge < -0.3 is 14.6 Å². The van der Waals surface area contributed by atoms with Gasteiger partial charge in [-0.1, -0.05) is 30.3 Å². The molecule has 0 bridgehead atoms. The minimum absolute atomic E-state index is 0.135. The molecular weight excluding hydrogens is 352 g/mol. The molecule has 0 aliphatic carbocycles. The predicted octanol–water partition coefficient (Wildman–Crippen LogP) is 4.13. The predicted molar refractivity (Wildman–Crippen MR) is 98.5 cm³/mol. The number of carboxylic acids is 1. The molecule has 7 heteroatoms. The van der Waals surface area contributed by atoms with E-state index in [1.165, 1.54) is 11.3 Å². The van der Waals surface area contributed by atoms with E-state index in [2.05, 4.69) is 9.98 Å². The van der Waals surface area contributed by atoms with Crippen molar-refractivity contribution in [2.45, 2.75) is 6.61 Å². The van der Waals surface area contributed by atoms with Crippen LogP contribution in [0.3, 0.4) is 0 Å². The Morgan fingerprint density at radius 1 is 1.27 bits per heavy atom. The van der Waals surface area contributed by atoms with E-state index in [0.29, 0.717) is 28.6 Å². The van der Waals surface area contributed by atoms with E-state index >= 15 is 0 Å². The molecule has 0 amide bonds. The second-order valence-corrected chi connectivity index (χ2v) is 6.45. The van der Waals surface area contributed by atoms with Gasteiger partial charge in [0, 0.05) is 28.3 Å². The molecule has 0 unspecified atom stereocenters. The van der Waals surface area contributed by atoms with Crippen molar-refractivity contribution in [3.63, 3.8) is 0 Å². The minimum Gasteiger partial charge on any atom is -0.478 e. The average molecular weight is 366 g/mol. The fraction of sp³-hybridized carbons (Fsp3) is 0.105. The summed E-state index contributed by atoms with van der Waals surface area (Å²) < 4.78 is 10.8. The molecule has 2 aromatic carbocycles. The molecule has 1 aromatic heterocycles. The zero-order valence-corrected chi connectivity index (χ0v) is 14.4. The van der Waals surface area contributed by atoms with Gasteiger partial charge >= 0.3 is 5.97 Å². The molecule has 1 aliphatic rings. The van der Waals surface area contributed by atoms with Crippen LogP contribution in [-0.4, -0.2) is 29.1 Å². The van der Waals surface area contributed by atoms with Crippen LogP contribution in [0.25, 0.3) is 11.3 Å². The number of ether oxygens (including phenoxy) is 2. The van der Waals surface area contributed by atoms with Crippen molar-refractivity contribution in [3.05, 3.63) is 64.5 Å². The average Bonchev–Trinajstić information content (AvgIpc) is 3.15. The molecule has 0 saturated heterocycles. The lowest BCUT2D eigenvalue weighted by Gasteiger charge is -2.19. The number of hydrogen-bond acceptors (Lipinski definition) is 6. The van der Waals surface area contributed by atoms with Gasteiger partial charge in [0.25, 0.3) is 0 Å². The van der Waals surface area contributed by atoms with Crippen LogP contribution < -0.4 is 4.74 Å². The first kappa shape index (κ1) is 16.4. The second-order valence-electron chi connectivity index (χ2n) is 5.61. The number of thiazole rings is 1. The highest BCUT2D eigenvalue weighted by atomic mass is 32.1. The Labute approximate surface area is 153 Å². The van der Waals surface area contributed by atoms with Gasteiger partial charge in [-0.25, -0.2) is 14.8 Å². The summed E-state index contributed by atoms with van der Waals surface area (Å²) in [5.41, 5.74) is 3.34. The molecule has 0 spiro atoms. The largest absolute Gasteiger partial charge is 0.478 e. The van der Waals surface area contributed by atoms with E-state index in [-0.39, 0.29) is 12.4 Å². The lowest BCUT2D eigenvalue weighted by Crippen LogP contribution is -2.14. The van der Waals surface area contributed by atoms with Crippen LogP contribution in [-0.2, 0) is 11.3 Å². The highest BCUT2D eigenvalue weighted by Crippen LogP contribution is 2.30. The Hall–Kier alpha value is -3.03. The summed E-state index contributed by atoms with van der Waals surface area (Å²) in [7, 11) is 0. The van der Waals surface area contributed by atoms with E-state index in [9.17, 15) is 9.90 Å². The number of aliphatic imine (C=N–C) groups is 1. The summed E-state index contributed by atoms with van der Waals surface area (Å²) in [6.07, 6.45) is 1.59. The van der Waals surface area contributed by atoms with Crippen LogP contribution in [0.15, 0.2) is 52.8 Å². The van der Waals surface area contributed by atoms with Crippen LogP contribution in [0, 0.1) is 0 Å². The number of benzene rings is 2. The van der Waals surface area contributed by atoms with Crippen LogP contribution >= 0.6 is 11.3 Å². The number of aromatic carboxylic acids is 1. The van der Waals surface area contributed by atoms with Gasteiger partial charge in [-0.05, 0) is 12.1 Å². The topological polar surface area (TPSA) is 81.0 Å². The third-order valence-electron chi connectivity index (χ3n) is 3.86. The summed E-state index contributed by atoms with van der Waals surface area (Å²) >= 11 is 1.42. The molecule has 0 atom stereocenters. The molecule has 1 aliphatic heterocycles. The number of carboxylic acid groups (broad SMARTS) is 1. The quantitative estimate of drug-likeness (QED) is 0.702. The first-order valence-electron chi connectivity index (χ1n) is 7.86. The maximum atomic E-state index is 11.3. The van der Waals surface area contributed by atoms with E-state index < -0.39 is 5.97 Å². The first-order chi connectivity index (χ1) is 12.7. The molecule has 0 saturated carbocycles. The van der Waals surface area contributed by atoms with Gasteiger partial charge in [-0.2, -0.15) is 0 Å². The zero-order chi connectivity index (χ0) is 17.9. The van der Waals surface area contributed by atoms with Crippen LogP contribution in [0.4, 0.5) is 5.13 Å². The molecule has 6 nitrogen and oxygen atoms in total. The van der Waals surface area contributed by atoms with E-state index in [1.807, 2.05) is 35.7 Å². The number of rotatable bonds is 4. The van der Waals surface area contributed by atoms with Gasteiger partial charge in [0.15, 0.2) is 6.79 Å². The van der Waals surface area contributed by atoms with Gasteiger partial charge in [-0.15, -0.1) is 11.3 Å². The second kappa shape index (κ2) is 7.07. The number of fused-ring (bicyclic) bond motifs is 1. The standard InChI is InChI=1S/C19H14N2O4S/c22-18(23)13-6-14(17-15(7-13)9-24-11-25-17)8-20-19-21-16(10-26-19)12-4-2-1-3-5-12/h1-8,10H,9,11H2,(H,22,23). The molecule has 0 radical (unpaired) electrons. The Bertz CT molecular complexity index is 982. The number of hydrogen-bond donors (Lipinski definition) is 1. The SMILES string of the molecule is O=C(O)c1cc(C=Nc2nc(-c3ccccc3)cs2)c2c(c1)COCO2. The van der Waals surface area contributed by atoms with Crippen molar-refractivity contribution in [1.29, 1.82) is 0 Å². The normalized spacial score (nSPS) is 13.4. The highest BCUT2D eigenvalue weighted by Gasteiger charge is 2.18. The summed E-state index contributed by atoms with van der Waals surface area (Å²) in [6, 6.07) is 13.0.